The minimum atomic E-state index is 0.371. The fourth-order valence-corrected chi connectivity index (χ4v) is 2.90. The topological polar surface area (TPSA) is 24.5 Å². The van der Waals surface area contributed by atoms with Crippen LogP contribution in [-0.4, -0.2) is 38.4 Å². The molecule has 0 aromatic heterocycles. The van der Waals surface area contributed by atoms with Gasteiger partial charge >= 0.3 is 0 Å². The number of likely N-dealkylation sites (N-methyl/N-ethyl adjacent to an activating group) is 1. The second-order valence-corrected chi connectivity index (χ2v) is 6.38. The molecule has 0 radical (unpaired) electrons. The Morgan fingerprint density at radius 1 is 1.19 bits per heavy atom. The van der Waals surface area contributed by atoms with E-state index in [-0.39, 0.29) is 0 Å². The molecule has 1 aromatic carbocycles. The predicted octanol–water partition coefficient (Wildman–Crippen LogP) is 3.31. The van der Waals surface area contributed by atoms with Crippen molar-refractivity contribution in [2.45, 2.75) is 45.8 Å². The molecule has 2 atom stereocenters. The average Bonchev–Trinajstić information content (AvgIpc) is 2.93. The van der Waals surface area contributed by atoms with Crippen molar-refractivity contribution >= 4 is 5.69 Å². The van der Waals surface area contributed by atoms with Crippen LogP contribution in [0.15, 0.2) is 30.3 Å². The number of benzene rings is 1. The van der Waals surface area contributed by atoms with Crippen molar-refractivity contribution in [2.24, 2.45) is 5.92 Å². The maximum absolute atomic E-state index is 6.19. The van der Waals surface area contributed by atoms with Gasteiger partial charge in [-0.1, -0.05) is 32.0 Å². The van der Waals surface area contributed by atoms with E-state index < -0.39 is 0 Å². The second kappa shape index (κ2) is 8.40. The molecule has 1 fully saturated rings. The minimum Gasteiger partial charge on any atom is -0.372 e. The van der Waals surface area contributed by atoms with Crippen LogP contribution in [0.1, 0.15) is 33.6 Å². The zero-order valence-corrected chi connectivity index (χ0v) is 13.7. The molecule has 1 aliphatic rings. The van der Waals surface area contributed by atoms with E-state index in [9.17, 15) is 0 Å². The minimum absolute atomic E-state index is 0.371. The molecule has 0 aliphatic carbocycles. The Kier molecular flexibility index (Phi) is 6.52. The number of para-hydroxylation sites is 1. The Morgan fingerprint density at radius 2 is 1.90 bits per heavy atom. The van der Waals surface area contributed by atoms with Gasteiger partial charge < -0.3 is 15.0 Å². The summed E-state index contributed by atoms with van der Waals surface area (Å²) >= 11 is 0. The van der Waals surface area contributed by atoms with E-state index >= 15 is 0 Å². The zero-order chi connectivity index (χ0) is 15.1. The first-order valence-electron chi connectivity index (χ1n) is 8.35. The van der Waals surface area contributed by atoms with Crippen LogP contribution >= 0.6 is 0 Å². The summed E-state index contributed by atoms with van der Waals surface area (Å²) < 4.78 is 6.19. The molecule has 1 saturated heterocycles. The molecule has 21 heavy (non-hydrogen) atoms. The Bertz CT molecular complexity index is 393. The first-order valence-corrected chi connectivity index (χ1v) is 8.35. The first-order chi connectivity index (χ1) is 10.2. The van der Waals surface area contributed by atoms with Gasteiger partial charge in [0.15, 0.2) is 0 Å². The maximum atomic E-state index is 6.19. The summed E-state index contributed by atoms with van der Waals surface area (Å²) in [6.45, 7) is 10.8. The molecule has 1 aliphatic heterocycles. The van der Waals surface area contributed by atoms with Crippen LogP contribution in [0, 0.1) is 5.92 Å². The molecule has 2 unspecified atom stereocenters. The van der Waals surface area contributed by atoms with Crippen LogP contribution in [0.25, 0.3) is 0 Å². The fraction of sp³-hybridized carbons (Fsp3) is 0.667. The van der Waals surface area contributed by atoms with Gasteiger partial charge in [-0.05, 0) is 44.4 Å². The largest absolute Gasteiger partial charge is 0.372 e. The third kappa shape index (κ3) is 5.33. The lowest BCUT2D eigenvalue weighted by atomic mass is 10.1. The number of rotatable bonds is 8. The van der Waals surface area contributed by atoms with Crippen LogP contribution < -0.4 is 10.2 Å². The van der Waals surface area contributed by atoms with Gasteiger partial charge in [0.05, 0.1) is 12.2 Å². The predicted molar refractivity (Wildman–Crippen MR) is 89.9 cm³/mol. The van der Waals surface area contributed by atoms with Crippen molar-refractivity contribution in [3.63, 3.8) is 0 Å². The van der Waals surface area contributed by atoms with Gasteiger partial charge in [0.2, 0.25) is 0 Å². The van der Waals surface area contributed by atoms with Crippen LogP contribution in [-0.2, 0) is 4.74 Å². The van der Waals surface area contributed by atoms with Crippen molar-refractivity contribution in [3.05, 3.63) is 30.3 Å². The van der Waals surface area contributed by atoms with Crippen molar-refractivity contribution in [1.82, 2.24) is 5.32 Å². The fourth-order valence-electron chi connectivity index (χ4n) is 2.90. The van der Waals surface area contributed by atoms with Crippen molar-refractivity contribution in [2.75, 3.05) is 31.1 Å². The van der Waals surface area contributed by atoms with E-state index in [4.69, 9.17) is 4.74 Å². The Labute approximate surface area is 129 Å². The van der Waals surface area contributed by atoms with Gasteiger partial charge in [0.1, 0.15) is 0 Å². The monoisotopic (exact) mass is 290 g/mol. The SMILES string of the molecule is CCN(CC1CCC(CNCC(C)C)O1)c1ccccc1. The van der Waals surface area contributed by atoms with Crippen LogP contribution in [0.2, 0.25) is 0 Å². The highest BCUT2D eigenvalue weighted by Crippen LogP contribution is 2.22. The lowest BCUT2D eigenvalue weighted by Crippen LogP contribution is -2.34. The summed E-state index contributed by atoms with van der Waals surface area (Å²) in [5, 5.41) is 3.51. The van der Waals surface area contributed by atoms with Crippen LogP contribution in [0.4, 0.5) is 5.69 Å². The highest BCUT2D eigenvalue weighted by atomic mass is 16.5. The summed E-state index contributed by atoms with van der Waals surface area (Å²) in [7, 11) is 0. The summed E-state index contributed by atoms with van der Waals surface area (Å²) in [4.78, 5) is 2.41. The summed E-state index contributed by atoms with van der Waals surface area (Å²) in [6, 6.07) is 10.6. The second-order valence-electron chi connectivity index (χ2n) is 6.38. The summed E-state index contributed by atoms with van der Waals surface area (Å²) in [6.07, 6.45) is 3.12. The summed E-state index contributed by atoms with van der Waals surface area (Å²) in [5.74, 6) is 0.705. The molecular formula is C18H30N2O. The molecule has 0 saturated carbocycles. The number of nitrogens with zero attached hydrogens (tertiary/aromatic N) is 1. The summed E-state index contributed by atoms with van der Waals surface area (Å²) in [5.41, 5.74) is 1.30. The van der Waals surface area contributed by atoms with E-state index in [0.29, 0.717) is 18.1 Å². The highest BCUT2D eigenvalue weighted by molar-refractivity contribution is 5.45. The highest BCUT2D eigenvalue weighted by Gasteiger charge is 2.26. The molecule has 0 amide bonds. The van der Waals surface area contributed by atoms with E-state index in [0.717, 1.165) is 26.2 Å². The van der Waals surface area contributed by atoms with Gasteiger partial charge in [-0.3, -0.25) is 0 Å². The molecule has 0 spiro atoms. The van der Waals surface area contributed by atoms with Gasteiger partial charge in [0.25, 0.3) is 0 Å². The quantitative estimate of drug-likeness (QED) is 0.795. The third-order valence-corrected chi connectivity index (χ3v) is 4.05. The lowest BCUT2D eigenvalue weighted by molar-refractivity contribution is 0.0492. The zero-order valence-electron chi connectivity index (χ0n) is 13.7. The molecule has 0 bridgehead atoms. The number of hydrogen-bond donors (Lipinski definition) is 1. The van der Waals surface area contributed by atoms with Gasteiger partial charge in [0, 0.05) is 25.3 Å². The van der Waals surface area contributed by atoms with E-state index in [1.165, 1.54) is 18.5 Å². The molecule has 1 heterocycles. The average molecular weight is 290 g/mol. The standard InChI is InChI=1S/C18H30N2O/c1-4-20(16-8-6-5-7-9-16)14-18-11-10-17(21-18)13-19-12-15(2)3/h5-9,15,17-19H,4,10-14H2,1-3H3. The Hall–Kier alpha value is -1.06. The number of anilines is 1. The van der Waals surface area contributed by atoms with Crippen LogP contribution in [0.5, 0.6) is 0 Å². The Balaban J connectivity index is 1.76. The van der Waals surface area contributed by atoms with Crippen molar-refractivity contribution < 1.29 is 4.74 Å². The number of hydrogen-bond acceptors (Lipinski definition) is 3. The van der Waals surface area contributed by atoms with E-state index in [1.54, 1.807) is 0 Å². The molecular weight excluding hydrogens is 260 g/mol. The van der Waals surface area contributed by atoms with E-state index in [2.05, 4.69) is 61.3 Å². The first kappa shape index (κ1) is 16.3. The van der Waals surface area contributed by atoms with Gasteiger partial charge in [-0.15, -0.1) is 0 Å². The number of nitrogens with one attached hydrogen (secondary N) is 1. The molecule has 1 N–H and O–H groups in total. The molecule has 2 rings (SSSR count). The molecule has 3 nitrogen and oxygen atoms in total. The Morgan fingerprint density at radius 3 is 2.57 bits per heavy atom. The molecule has 118 valence electrons. The molecule has 3 heteroatoms. The van der Waals surface area contributed by atoms with Gasteiger partial charge in [-0.2, -0.15) is 0 Å². The van der Waals surface area contributed by atoms with E-state index in [1.807, 2.05) is 0 Å². The molecule has 1 aromatic rings. The smallest absolute Gasteiger partial charge is 0.0755 e. The maximum Gasteiger partial charge on any atom is 0.0755 e. The normalized spacial score (nSPS) is 21.9. The number of ether oxygens (including phenoxy) is 1. The third-order valence-electron chi connectivity index (χ3n) is 4.05. The van der Waals surface area contributed by atoms with Crippen molar-refractivity contribution in [1.29, 1.82) is 0 Å². The van der Waals surface area contributed by atoms with Crippen molar-refractivity contribution in [3.8, 4) is 0 Å². The lowest BCUT2D eigenvalue weighted by Gasteiger charge is -2.26. The van der Waals surface area contributed by atoms with Crippen LogP contribution in [0.3, 0.4) is 0 Å². The van der Waals surface area contributed by atoms with Gasteiger partial charge in [-0.25, -0.2) is 0 Å².